The lowest BCUT2D eigenvalue weighted by molar-refractivity contribution is -0.121. The monoisotopic (exact) mass is 342 g/mol. The number of ether oxygens (including phenoxy) is 1. The number of halogens is 1. The summed E-state index contributed by atoms with van der Waals surface area (Å²) in [6.45, 7) is 6.23. The van der Waals surface area contributed by atoms with Crippen molar-refractivity contribution < 1.29 is 9.53 Å². The predicted molar refractivity (Wildman–Crippen MR) is 85.0 cm³/mol. The summed E-state index contributed by atoms with van der Waals surface area (Å²) < 4.78 is 6.55. The van der Waals surface area contributed by atoms with Crippen LogP contribution >= 0.6 is 15.9 Å². The van der Waals surface area contributed by atoms with Gasteiger partial charge in [0, 0.05) is 19.0 Å². The minimum absolute atomic E-state index is 0.0745. The van der Waals surface area contributed by atoms with E-state index in [1.807, 2.05) is 24.3 Å². The van der Waals surface area contributed by atoms with E-state index in [4.69, 9.17) is 4.74 Å². The van der Waals surface area contributed by atoms with Crippen LogP contribution in [0.4, 0.5) is 0 Å². The number of likely N-dealkylation sites (N-methyl/N-ethyl adjacent to an activating group) is 1. The van der Waals surface area contributed by atoms with Gasteiger partial charge in [0.15, 0.2) is 0 Å². The maximum absolute atomic E-state index is 11.6. The van der Waals surface area contributed by atoms with Gasteiger partial charge >= 0.3 is 0 Å². The molecule has 4 nitrogen and oxygen atoms in total. The quantitative estimate of drug-likeness (QED) is 0.678. The molecule has 5 heteroatoms. The van der Waals surface area contributed by atoms with Crippen molar-refractivity contribution in [3.63, 3.8) is 0 Å². The molecule has 0 saturated carbocycles. The van der Waals surface area contributed by atoms with Crippen LogP contribution in [-0.2, 0) is 4.79 Å². The van der Waals surface area contributed by atoms with E-state index in [9.17, 15) is 4.79 Å². The predicted octanol–water partition coefficient (Wildman–Crippen LogP) is 2.72. The number of nitrogens with one attached hydrogen (secondary N) is 2. The fraction of sp³-hybridized carbons (Fsp3) is 0.533. The molecule has 1 aromatic carbocycles. The van der Waals surface area contributed by atoms with Gasteiger partial charge < -0.3 is 15.4 Å². The second kappa shape index (κ2) is 9.77. The Balaban J connectivity index is 2.12. The molecular weight excluding hydrogens is 320 g/mol. The van der Waals surface area contributed by atoms with E-state index < -0.39 is 0 Å². The number of rotatable bonds is 9. The van der Waals surface area contributed by atoms with Gasteiger partial charge in [0.2, 0.25) is 5.91 Å². The zero-order valence-electron chi connectivity index (χ0n) is 12.1. The number of para-hydroxylation sites is 1. The second-order valence-corrected chi connectivity index (χ2v) is 5.50. The Kier molecular flexibility index (Phi) is 8.30. The van der Waals surface area contributed by atoms with Crippen molar-refractivity contribution in [1.29, 1.82) is 0 Å². The van der Waals surface area contributed by atoms with Crippen molar-refractivity contribution in [3.05, 3.63) is 28.7 Å². The Hall–Kier alpha value is -1.07. The molecule has 1 aromatic rings. The largest absolute Gasteiger partial charge is 0.492 e. The molecule has 0 aromatic heterocycles. The topological polar surface area (TPSA) is 50.4 Å². The third kappa shape index (κ3) is 6.91. The van der Waals surface area contributed by atoms with Crippen LogP contribution in [0, 0.1) is 0 Å². The number of carbonyl (C=O) groups is 1. The molecule has 0 spiro atoms. The molecule has 0 saturated heterocycles. The molecule has 0 bridgehead atoms. The summed E-state index contributed by atoms with van der Waals surface area (Å²) >= 11 is 3.42. The highest BCUT2D eigenvalue weighted by Gasteiger charge is 2.05. The average molecular weight is 343 g/mol. The fourth-order valence-electron chi connectivity index (χ4n) is 1.75. The van der Waals surface area contributed by atoms with E-state index in [0.29, 0.717) is 32.0 Å². The van der Waals surface area contributed by atoms with Gasteiger partial charge in [-0.15, -0.1) is 0 Å². The average Bonchev–Trinajstić information content (AvgIpc) is 2.43. The molecule has 1 amide bonds. The van der Waals surface area contributed by atoms with Crippen molar-refractivity contribution in [3.8, 4) is 5.75 Å². The van der Waals surface area contributed by atoms with Gasteiger partial charge in [0.1, 0.15) is 5.75 Å². The molecule has 0 radical (unpaired) electrons. The van der Waals surface area contributed by atoms with Crippen molar-refractivity contribution >= 4 is 21.8 Å². The van der Waals surface area contributed by atoms with Crippen molar-refractivity contribution in [2.75, 3.05) is 19.7 Å². The third-order valence-corrected chi connectivity index (χ3v) is 3.46. The lowest BCUT2D eigenvalue weighted by Crippen LogP contribution is -2.38. The van der Waals surface area contributed by atoms with Crippen LogP contribution in [0.25, 0.3) is 0 Å². The van der Waals surface area contributed by atoms with Crippen LogP contribution in [0.1, 0.15) is 26.7 Å². The van der Waals surface area contributed by atoms with E-state index in [-0.39, 0.29) is 5.91 Å². The zero-order chi connectivity index (χ0) is 14.8. The highest BCUT2D eigenvalue weighted by molar-refractivity contribution is 9.10. The van der Waals surface area contributed by atoms with Crippen LogP contribution in [0.3, 0.4) is 0 Å². The third-order valence-electron chi connectivity index (χ3n) is 2.80. The molecule has 112 valence electrons. The molecule has 0 aliphatic rings. The Bertz CT molecular complexity index is 413. The second-order valence-electron chi connectivity index (χ2n) is 4.65. The number of hydrogen-bond donors (Lipinski definition) is 2. The molecule has 0 fully saturated rings. The number of amides is 1. The van der Waals surface area contributed by atoms with Crippen LogP contribution in [0.2, 0.25) is 0 Å². The first-order chi connectivity index (χ1) is 9.63. The first kappa shape index (κ1) is 17.0. The summed E-state index contributed by atoms with van der Waals surface area (Å²) in [5, 5.41) is 6.16. The highest BCUT2D eigenvalue weighted by Crippen LogP contribution is 2.23. The minimum Gasteiger partial charge on any atom is -0.492 e. The highest BCUT2D eigenvalue weighted by atomic mass is 79.9. The van der Waals surface area contributed by atoms with E-state index in [1.165, 1.54) is 0 Å². The molecule has 0 aliphatic carbocycles. The number of benzene rings is 1. The summed E-state index contributed by atoms with van der Waals surface area (Å²) in [7, 11) is 0. The van der Waals surface area contributed by atoms with E-state index in [2.05, 4.69) is 40.4 Å². The molecule has 0 unspecified atom stereocenters. The summed E-state index contributed by atoms with van der Waals surface area (Å²) in [6.07, 6.45) is 1.20. The van der Waals surface area contributed by atoms with Crippen LogP contribution in [0.5, 0.6) is 5.75 Å². The van der Waals surface area contributed by atoms with Gasteiger partial charge in [-0.25, -0.2) is 0 Å². The Morgan fingerprint density at radius 1 is 1.40 bits per heavy atom. The van der Waals surface area contributed by atoms with Gasteiger partial charge in [-0.2, -0.15) is 0 Å². The number of carbonyl (C=O) groups excluding carboxylic acids is 1. The van der Waals surface area contributed by atoms with E-state index >= 15 is 0 Å². The Labute approximate surface area is 129 Å². The van der Waals surface area contributed by atoms with Gasteiger partial charge in [-0.1, -0.05) is 19.1 Å². The van der Waals surface area contributed by atoms with Crippen LogP contribution in [-0.4, -0.2) is 31.6 Å². The maximum Gasteiger partial charge on any atom is 0.220 e. The molecule has 0 heterocycles. The van der Waals surface area contributed by atoms with Crippen molar-refractivity contribution in [2.24, 2.45) is 0 Å². The SMILES string of the molecule is CCN[C@H](C)CNC(=O)CCCOc1ccccc1Br. The summed E-state index contributed by atoms with van der Waals surface area (Å²) in [4.78, 5) is 11.6. The summed E-state index contributed by atoms with van der Waals surface area (Å²) in [5.41, 5.74) is 0. The van der Waals surface area contributed by atoms with E-state index in [0.717, 1.165) is 16.8 Å². The first-order valence-electron chi connectivity index (χ1n) is 7.01. The molecule has 1 atom stereocenters. The van der Waals surface area contributed by atoms with Crippen molar-refractivity contribution in [2.45, 2.75) is 32.7 Å². The fourth-order valence-corrected chi connectivity index (χ4v) is 2.15. The first-order valence-corrected chi connectivity index (χ1v) is 7.80. The van der Waals surface area contributed by atoms with Crippen molar-refractivity contribution in [1.82, 2.24) is 10.6 Å². The molecule has 2 N–H and O–H groups in total. The normalized spacial score (nSPS) is 11.9. The molecule has 1 rings (SSSR count). The Morgan fingerprint density at radius 3 is 2.85 bits per heavy atom. The zero-order valence-corrected chi connectivity index (χ0v) is 13.7. The number of hydrogen-bond acceptors (Lipinski definition) is 3. The summed E-state index contributed by atoms with van der Waals surface area (Å²) in [5.74, 6) is 0.888. The molecule has 0 aliphatic heterocycles. The Morgan fingerprint density at radius 2 is 2.15 bits per heavy atom. The smallest absolute Gasteiger partial charge is 0.220 e. The van der Waals surface area contributed by atoms with Gasteiger partial charge in [0.25, 0.3) is 0 Å². The van der Waals surface area contributed by atoms with Crippen LogP contribution in [0.15, 0.2) is 28.7 Å². The molecular formula is C15H23BrN2O2. The lowest BCUT2D eigenvalue weighted by atomic mass is 10.3. The molecule has 20 heavy (non-hydrogen) atoms. The van der Waals surface area contributed by atoms with Gasteiger partial charge in [-0.05, 0) is 48.0 Å². The maximum atomic E-state index is 11.6. The standard InChI is InChI=1S/C15H23BrN2O2/c1-3-17-12(2)11-18-15(19)9-6-10-20-14-8-5-4-7-13(14)16/h4-5,7-8,12,17H,3,6,9-11H2,1-2H3,(H,18,19)/t12-/m1/s1. The minimum atomic E-state index is 0.0745. The van der Waals surface area contributed by atoms with Gasteiger partial charge in [0.05, 0.1) is 11.1 Å². The van der Waals surface area contributed by atoms with Gasteiger partial charge in [-0.3, -0.25) is 4.79 Å². The van der Waals surface area contributed by atoms with Crippen LogP contribution < -0.4 is 15.4 Å². The van der Waals surface area contributed by atoms with E-state index in [1.54, 1.807) is 0 Å². The summed E-state index contributed by atoms with van der Waals surface area (Å²) in [6, 6.07) is 8.01. The lowest BCUT2D eigenvalue weighted by Gasteiger charge is -2.13.